The number of amides is 4. The third-order valence-electron chi connectivity index (χ3n) is 6.38. The highest BCUT2D eigenvalue weighted by molar-refractivity contribution is 6.30. The number of epoxide rings is 2. The van der Waals surface area contributed by atoms with Gasteiger partial charge in [0.15, 0.2) is 6.23 Å². The van der Waals surface area contributed by atoms with Gasteiger partial charge in [0.05, 0.1) is 18.1 Å². The van der Waals surface area contributed by atoms with Crippen molar-refractivity contribution >= 4 is 29.8 Å². The number of ether oxygens (including phenoxy) is 3. The van der Waals surface area contributed by atoms with E-state index in [1.54, 1.807) is 7.11 Å². The van der Waals surface area contributed by atoms with Gasteiger partial charge in [-0.25, -0.2) is 9.59 Å². The van der Waals surface area contributed by atoms with E-state index in [-0.39, 0.29) is 22.5 Å². The fraction of sp³-hybridized carbons (Fsp3) is 0.750. The van der Waals surface area contributed by atoms with Crippen LogP contribution in [0.15, 0.2) is 11.6 Å². The molecule has 1 N–H and O–H groups in total. The van der Waals surface area contributed by atoms with Gasteiger partial charge in [-0.2, -0.15) is 9.32 Å². The minimum atomic E-state index is -1.53. The summed E-state index contributed by atoms with van der Waals surface area (Å²) in [6, 6.07) is -1.15. The Kier molecular flexibility index (Phi) is 6.21. The normalized spacial score (nSPS) is 36.7. The molecule has 0 radical (unpaired) electrons. The molecular weight excluding hydrogens is 416 g/mol. The second-order valence-electron chi connectivity index (χ2n) is 8.61. The fourth-order valence-electron chi connectivity index (χ4n) is 4.86. The Labute approximate surface area is 181 Å². The molecular formula is C20H29ClN2O7. The number of halogens is 1. The highest BCUT2D eigenvalue weighted by Crippen LogP contribution is 2.62. The summed E-state index contributed by atoms with van der Waals surface area (Å²) in [6.07, 6.45) is 2.06. The van der Waals surface area contributed by atoms with Gasteiger partial charge in [-0.3, -0.25) is 4.79 Å². The van der Waals surface area contributed by atoms with E-state index in [2.05, 4.69) is 6.08 Å². The van der Waals surface area contributed by atoms with Crippen LogP contribution in [-0.2, 0) is 19.0 Å². The molecule has 3 rings (SSSR count). The Morgan fingerprint density at radius 3 is 2.47 bits per heavy atom. The first-order valence-electron chi connectivity index (χ1n) is 10.0. The van der Waals surface area contributed by atoms with Crippen molar-refractivity contribution in [2.75, 3.05) is 7.11 Å². The average molecular weight is 445 g/mol. The van der Waals surface area contributed by atoms with Gasteiger partial charge in [-0.1, -0.05) is 11.6 Å². The van der Waals surface area contributed by atoms with Crippen LogP contribution in [0.4, 0.5) is 9.59 Å². The zero-order valence-electron chi connectivity index (χ0n) is 17.9. The average Bonchev–Trinajstić information content (AvgIpc) is 3.55. The number of hydrogen-bond donors (Lipinski definition) is 1. The van der Waals surface area contributed by atoms with Crippen LogP contribution >= 0.6 is 11.8 Å². The molecule has 168 valence electrons. The second-order valence-corrected chi connectivity index (χ2v) is 8.95. The number of carboxylic acid groups (broad SMARTS) is 1. The van der Waals surface area contributed by atoms with Crippen LogP contribution in [0, 0.1) is 5.92 Å². The Morgan fingerprint density at radius 1 is 1.27 bits per heavy atom. The molecule has 4 amide bonds. The summed E-state index contributed by atoms with van der Waals surface area (Å²) in [5, 5.41) is 9.68. The molecule has 0 aromatic heterocycles. The van der Waals surface area contributed by atoms with Crippen molar-refractivity contribution in [2.24, 2.45) is 5.92 Å². The minimum Gasteiger partial charge on any atom is -0.464 e. The predicted molar refractivity (Wildman–Crippen MR) is 107 cm³/mol. The Balaban J connectivity index is 1.89. The lowest BCUT2D eigenvalue weighted by Crippen LogP contribution is -2.54. The summed E-state index contributed by atoms with van der Waals surface area (Å²) < 4.78 is 18.0. The summed E-state index contributed by atoms with van der Waals surface area (Å²) in [5.74, 6) is -1.06. The van der Waals surface area contributed by atoms with E-state index < -0.39 is 35.5 Å². The molecule has 1 unspecified atom stereocenters. The molecule has 3 aliphatic rings. The van der Waals surface area contributed by atoms with Crippen molar-refractivity contribution in [1.29, 1.82) is 0 Å². The number of hydrogen-bond acceptors (Lipinski definition) is 6. The number of imide groups is 2. The fourth-order valence-corrected chi connectivity index (χ4v) is 4.94. The van der Waals surface area contributed by atoms with Gasteiger partial charge in [-0.15, -0.1) is 0 Å². The lowest BCUT2D eigenvalue weighted by molar-refractivity contribution is -0.122. The van der Waals surface area contributed by atoms with E-state index in [4.69, 9.17) is 26.0 Å². The van der Waals surface area contributed by atoms with Gasteiger partial charge in [0, 0.05) is 25.8 Å². The zero-order valence-corrected chi connectivity index (χ0v) is 18.6. The standard InChI is InChI=1S/C20H29ClN2O7/c1-11(2)8-9-14-19(4,29-14)15-13(28-5)7-6-10-20(15)16(30-20)22(18(26)27)17(25)23(21)12(3)24/h8,13-16H,6-7,9-10H2,1-5H3,(H,26,27)/t13-,14+,15-,16?,19-,20+/m0/s1. The molecule has 1 saturated carbocycles. The third-order valence-corrected chi connectivity index (χ3v) is 6.76. The maximum absolute atomic E-state index is 12.6. The minimum absolute atomic E-state index is 0.0504. The van der Waals surface area contributed by atoms with Crippen LogP contribution < -0.4 is 0 Å². The Hall–Kier alpha value is -1.68. The largest absolute Gasteiger partial charge is 0.464 e. The molecule has 1 aliphatic carbocycles. The summed E-state index contributed by atoms with van der Waals surface area (Å²) in [4.78, 5) is 36.5. The molecule has 0 aromatic carbocycles. The van der Waals surface area contributed by atoms with Crippen LogP contribution in [0.25, 0.3) is 0 Å². The third kappa shape index (κ3) is 3.84. The predicted octanol–water partition coefficient (Wildman–Crippen LogP) is 3.51. The number of allylic oxidation sites excluding steroid dienone is 1. The number of carbonyl (C=O) groups is 3. The Bertz CT molecular complexity index is 770. The quantitative estimate of drug-likeness (QED) is 0.392. The molecule has 0 bridgehead atoms. The maximum atomic E-state index is 12.6. The van der Waals surface area contributed by atoms with Crippen molar-refractivity contribution in [1.82, 2.24) is 9.32 Å². The summed E-state index contributed by atoms with van der Waals surface area (Å²) in [7, 11) is 1.61. The van der Waals surface area contributed by atoms with Gasteiger partial charge in [0.25, 0.3) is 0 Å². The number of carbonyl (C=O) groups excluding carboxylic acids is 2. The van der Waals surface area contributed by atoms with Crippen molar-refractivity contribution in [3.63, 3.8) is 0 Å². The van der Waals surface area contributed by atoms with E-state index in [0.29, 0.717) is 11.3 Å². The number of urea groups is 1. The van der Waals surface area contributed by atoms with Crippen LogP contribution in [0.1, 0.15) is 53.4 Å². The van der Waals surface area contributed by atoms with Gasteiger partial charge in [0.1, 0.15) is 11.2 Å². The number of rotatable bonds is 5. The van der Waals surface area contributed by atoms with Crippen molar-refractivity contribution in [3.8, 4) is 0 Å². The van der Waals surface area contributed by atoms with Gasteiger partial charge in [-0.05, 0) is 46.5 Å². The summed E-state index contributed by atoms with van der Waals surface area (Å²) in [5.41, 5.74) is -0.323. The first-order valence-corrected chi connectivity index (χ1v) is 10.4. The van der Waals surface area contributed by atoms with E-state index in [1.807, 2.05) is 20.8 Å². The monoisotopic (exact) mass is 444 g/mol. The molecule has 30 heavy (non-hydrogen) atoms. The topological polar surface area (TPSA) is 112 Å². The highest BCUT2D eigenvalue weighted by atomic mass is 35.5. The summed E-state index contributed by atoms with van der Waals surface area (Å²) >= 11 is 5.71. The molecule has 9 nitrogen and oxygen atoms in total. The second kappa shape index (κ2) is 8.11. The molecule has 0 aromatic rings. The summed E-state index contributed by atoms with van der Waals surface area (Å²) in [6.45, 7) is 7.09. The first-order chi connectivity index (χ1) is 14.0. The van der Waals surface area contributed by atoms with Gasteiger partial charge < -0.3 is 19.3 Å². The van der Waals surface area contributed by atoms with E-state index in [0.717, 1.165) is 26.2 Å². The van der Waals surface area contributed by atoms with Crippen LogP contribution in [0.2, 0.25) is 0 Å². The first kappa shape index (κ1) is 23.0. The highest BCUT2D eigenvalue weighted by Gasteiger charge is 2.77. The van der Waals surface area contributed by atoms with Gasteiger partial charge >= 0.3 is 12.1 Å². The van der Waals surface area contributed by atoms with Crippen molar-refractivity contribution in [2.45, 2.75) is 83.0 Å². The van der Waals surface area contributed by atoms with E-state index in [9.17, 15) is 19.5 Å². The van der Waals surface area contributed by atoms with Crippen LogP contribution in [0.3, 0.4) is 0 Å². The van der Waals surface area contributed by atoms with Crippen molar-refractivity contribution < 1.29 is 33.7 Å². The molecule has 2 heterocycles. The smallest absolute Gasteiger partial charge is 0.417 e. The van der Waals surface area contributed by atoms with Crippen LogP contribution in [0.5, 0.6) is 0 Å². The lowest BCUT2D eigenvalue weighted by atomic mass is 9.68. The van der Waals surface area contributed by atoms with Crippen molar-refractivity contribution in [3.05, 3.63) is 11.6 Å². The maximum Gasteiger partial charge on any atom is 0.417 e. The molecule has 3 fully saturated rings. The van der Waals surface area contributed by atoms with Crippen LogP contribution in [-0.4, -0.2) is 69.2 Å². The number of nitrogens with zero attached hydrogens (tertiary/aromatic N) is 2. The molecule has 10 heteroatoms. The molecule has 2 aliphatic heterocycles. The van der Waals surface area contributed by atoms with E-state index >= 15 is 0 Å². The molecule has 1 spiro atoms. The molecule has 6 atom stereocenters. The molecule has 2 saturated heterocycles. The zero-order chi connectivity index (χ0) is 22.4. The lowest BCUT2D eigenvalue weighted by Gasteiger charge is -2.39. The Morgan fingerprint density at radius 2 is 1.93 bits per heavy atom. The van der Waals surface area contributed by atoms with Gasteiger partial charge in [0.2, 0.25) is 5.91 Å². The SMILES string of the molecule is CO[C@H]1CCC[C@@]2(OC2N(C(=O)O)C(=O)N(Cl)C(C)=O)[C@@H]1[C@@]1(C)O[C@@H]1CC=C(C)C. The number of methoxy groups -OCH3 is 1. The van der Waals surface area contributed by atoms with E-state index in [1.165, 1.54) is 5.57 Å².